The van der Waals surface area contributed by atoms with Gasteiger partial charge in [-0.1, -0.05) is 22.9 Å². The van der Waals surface area contributed by atoms with Gasteiger partial charge in [0.1, 0.15) is 17.5 Å². The monoisotopic (exact) mass is 449 g/mol. The van der Waals surface area contributed by atoms with Crippen LogP contribution in [0.5, 0.6) is 11.5 Å². The van der Waals surface area contributed by atoms with Crippen LogP contribution in [0.15, 0.2) is 23.0 Å². The van der Waals surface area contributed by atoms with Gasteiger partial charge in [-0.3, -0.25) is 9.59 Å². The van der Waals surface area contributed by atoms with Crippen LogP contribution in [0.4, 0.5) is 10.8 Å². The second-order valence-corrected chi connectivity index (χ2v) is 8.18. The first-order chi connectivity index (χ1) is 14.4. The predicted molar refractivity (Wildman–Crippen MR) is 115 cm³/mol. The van der Waals surface area contributed by atoms with Gasteiger partial charge < -0.3 is 19.7 Å². The van der Waals surface area contributed by atoms with Crippen molar-refractivity contribution in [2.24, 2.45) is 0 Å². The van der Waals surface area contributed by atoms with Crippen LogP contribution in [0.25, 0.3) is 4.96 Å². The molecule has 9 nitrogen and oxygen atoms in total. The first-order valence-corrected chi connectivity index (χ1v) is 10.5. The normalized spacial score (nSPS) is 16.1. The second-order valence-electron chi connectivity index (χ2n) is 6.84. The summed E-state index contributed by atoms with van der Waals surface area (Å²) in [7, 11) is 3.02. The third-order valence-electron chi connectivity index (χ3n) is 4.90. The lowest BCUT2D eigenvalue weighted by atomic mass is 10.2. The molecule has 1 aliphatic rings. The number of fused-ring (bicyclic) bond motifs is 1. The summed E-state index contributed by atoms with van der Waals surface area (Å²) in [6, 6.07) is 4.22. The molecule has 1 atom stereocenters. The Morgan fingerprint density at radius 1 is 1.27 bits per heavy atom. The molecule has 11 heteroatoms. The van der Waals surface area contributed by atoms with Crippen molar-refractivity contribution in [3.05, 3.63) is 39.3 Å². The van der Waals surface area contributed by atoms with E-state index in [0.29, 0.717) is 51.0 Å². The Bertz CT molecular complexity index is 1180. The minimum absolute atomic E-state index is 0.206. The number of hydrogen-bond acceptors (Lipinski definition) is 8. The number of methoxy groups -OCH3 is 2. The highest BCUT2D eigenvalue weighted by atomic mass is 35.5. The van der Waals surface area contributed by atoms with Crippen molar-refractivity contribution in [2.45, 2.75) is 25.8 Å². The minimum Gasteiger partial charge on any atom is -0.495 e. The molecule has 0 saturated carbocycles. The Morgan fingerprint density at radius 3 is 2.77 bits per heavy atom. The smallest absolute Gasteiger partial charge is 0.275 e. The number of aryl methyl sites for hydroxylation is 1. The van der Waals surface area contributed by atoms with E-state index in [4.69, 9.17) is 21.1 Å². The molecule has 1 fully saturated rings. The summed E-state index contributed by atoms with van der Waals surface area (Å²) in [5.41, 5.74) is 0.852. The fourth-order valence-electron chi connectivity index (χ4n) is 3.47. The topological polar surface area (TPSA) is 98.1 Å². The van der Waals surface area contributed by atoms with Gasteiger partial charge in [0.15, 0.2) is 0 Å². The van der Waals surface area contributed by atoms with Gasteiger partial charge in [0.05, 0.1) is 24.9 Å². The molecule has 0 aliphatic carbocycles. The summed E-state index contributed by atoms with van der Waals surface area (Å²) in [5, 5.41) is 8.24. The van der Waals surface area contributed by atoms with Crippen molar-refractivity contribution in [3.63, 3.8) is 0 Å². The summed E-state index contributed by atoms with van der Waals surface area (Å²) >= 11 is 7.50. The summed E-state index contributed by atoms with van der Waals surface area (Å²) in [6.07, 6.45) is 1.49. The molecule has 3 heterocycles. The van der Waals surface area contributed by atoms with E-state index >= 15 is 0 Å². The molecule has 1 amide bonds. The zero-order valence-corrected chi connectivity index (χ0v) is 18.2. The van der Waals surface area contributed by atoms with Crippen LogP contribution in [0.1, 0.15) is 18.5 Å². The average Bonchev–Trinajstić information content (AvgIpc) is 3.35. The lowest BCUT2D eigenvalue weighted by Crippen LogP contribution is -2.39. The number of nitrogens with one attached hydrogen (secondary N) is 1. The summed E-state index contributed by atoms with van der Waals surface area (Å²) in [4.78, 5) is 32.0. The van der Waals surface area contributed by atoms with Crippen molar-refractivity contribution in [1.29, 1.82) is 0 Å². The number of carbonyl (C=O) groups is 1. The Morgan fingerprint density at radius 2 is 2.03 bits per heavy atom. The quantitative estimate of drug-likeness (QED) is 0.639. The summed E-state index contributed by atoms with van der Waals surface area (Å²) in [6.45, 7) is 2.42. The number of ether oxygens (including phenoxy) is 2. The average molecular weight is 450 g/mol. The van der Waals surface area contributed by atoms with E-state index in [0.717, 1.165) is 6.42 Å². The van der Waals surface area contributed by atoms with E-state index in [-0.39, 0.29) is 11.5 Å². The van der Waals surface area contributed by atoms with E-state index in [1.807, 2.05) is 4.90 Å². The molecule has 1 saturated heterocycles. The van der Waals surface area contributed by atoms with Crippen LogP contribution >= 0.6 is 22.9 Å². The number of aromatic nitrogens is 3. The third-order valence-corrected chi connectivity index (χ3v) is 6.14. The molecule has 4 rings (SSSR count). The van der Waals surface area contributed by atoms with Gasteiger partial charge in [-0.2, -0.15) is 4.52 Å². The Balaban J connectivity index is 1.61. The summed E-state index contributed by atoms with van der Waals surface area (Å²) < 4.78 is 11.8. The molecule has 1 aromatic carbocycles. The van der Waals surface area contributed by atoms with E-state index in [1.165, 1.54) is 36.1 Å². The maximum atomic E-state index is 13.1. The van der Waals surface area contributed by atoms with Crippen LogP contribution in [0, 0.1) is 6.92 Å². The number of benzene rings is 1. The lowest BCUT2D eigenvalue weighted by Gasteiger charge is -2.23. The van der Waals surface area contributed by atoms with E-state index in [9.17, 15) is 9.59 Å². The van der Waals surface area contributed by atoms with E-state index in [2.05, 4.69) is 15.4 Å². The van der Waals surface area contributed by atoms with Crippen LogP contribution in [-0.4, -0.2) is 47.3 Å². The maximum Gasteiger partial charge on any atom is 0.275 e. The zero-order valence-electron chi connectivity index (χ0n) is 16.6. The number of nitrogens with zero attached hydrogens (tertiary/aromatic N) is 4. The molecule has 2 aromatic heterocycles. The van der Waals surface area contributed by atoms with Crippen molar-refractivity contribution < 1.29 is 14.3 Å². The van der Waals surface area contributed by atoms with Crippen molar-refractivity contribution in [1.82, 2.24) is 14.6 Å². The van der Waals surface area contributed by atoms with Crippen LogP contribution < -0.4 is 25.2 Å². The maximum absolute atomic E-state index is 13.1. The third kappa shape index (κ3) is 3.68. The standard InChI is InChI=1S/C19H20ClN5O4S/c1-10-7-16(26)25-18(21-10)30-19(23-25)24-6-4-5-13(24)17(27)22-12-8-11(20)14(28-2)9-15(12)29-3/h7-9,13H,4-6H2,1-3H3,(H,22,27). The van der Waals surface area contributed by atoms with Gasteiger partial charge in [0, 0.05) is 24.4 Å². The van der Waals surface area contributed by atoms with Gasteiger partial charge >= 0.3 is 0 Å². The van der Waals surface area contributed by atoms with Crippen molar-refractivity contribution in [3.8, 4) is 11.5 Å². The van der Waals surface area contributed by atoms with E-state index in [1.54, 1.807) is 19.1 Å². The Kier molecular flexibility index (Phi) is 5.52. The molecule has 1 unspecified atom stereocenters. The largest absolute Gasteiger partial charge is 0.495 e. The van der Waals surface area contributed by atoms with Crippen molar-refractivity contribution in [2.75, 3.05) is 31.0 Å². The highest BCUT2D eigenvalue weighted by Crippen LogP contribution is 2.37. The number of anilines is 2. The van der Waals surface area contributed by atoms with Crippen LogP contribution in [-0.2, 0) is 4.79 Å². The molecule has 158 valence electrons. The number of hydrogen-bond donors (Lipinski definition) is 1. The molecule has 1 N–H and O–H groups in total. The molecule has 0 spiro atoms. The molecule has 30 heavy (non-hydrogen) atoms. The van der Waals surface area contributed by atoms with Crippen LogP contribution in [0.3, 0.4) is 0 Å². The number of amides is 1. The predicted octanol–water partition coefficient (Wildman–Crippen LogP) is 2.74. The summed E-state index contributed by atoms with van der Waals surface area (Å²) in [5.74, 6) is 0.694. The lowest BCUT2D eigenvalue weighted by molar-refractivity contribution is -0.117. The van der Waals surface area contributed by atoms with Gasteiger partial charge in [-0.15, -0.1) is 5.10 Å². The fourth-order valence-corrected chi connectivity index (χ4v) is 4.74. The van der Waals surface area contributed by atoms with E-state index < -0.39 is 6.04 Å². The highest BCUT2D eigenvalue weighted by Gasteiger charge is 2.33. The van der Waals surface area contributed by atoms with Gasteiger partial charge in [0.2, 0.25) is 16.0 Å². The van der Waals surface area contributed by atoms with Gasteiger partial charge in [-0.25, -0.2) is 4.98 Å². The first-order valence-electron chi connectivity index (χ1n) is 9.28. The molecular formula is C19H20ClN5O4S. The van der Waals surface area contributed by atoms with Crippen LogP contribution in [0.2, 0.25) is 5.02 Å². The first kappa shape index (κ1) is 20.4. The Labute approximate surface area is 181 Å². The molecule has 3 aromatic rings. The molecule has 1 aliphatic heterocycles. The second kappa shape index (κ2) is 8.11. The number of carbonyl (C=O) groups excluding carboxylic acids is 1. The zero-order chi connectivity index (χ0) is 21.4. The molecule has 0 radical (unpaired) electrons. The Hall–Kier alpha value is -2.85. The fraction of sp³-hybridized carbons (Fsp3) is 0.368. The molecule has 0 bridgehead atoms. The van der Waals surface area contributed by atoms with Gasteiger partial charge in [0.25, 0.3) is 5.56 Å². The number of rotatable bonds is 5. The minimum atomic E-state index is -0.437. The SMILES string of the molecule is COc1cc(OC)c(NC(=O)C2CCCN2c2nn3c(=O)cc(C)nc3s2)cc1Cl. The highest BCUT2D eigenvalue weighted by molar-refractivity contribution is 7.20. The molecular weight excluding hydrogens is 430 g/mol. The number of halogens is 1. The van der Waals surface area contributed by atoms with Crippen molar-refractivity contribution >= 4 is 44.6 Å². The van der Waals surface area contributed by atoms with Gasteiger partial charge in [-0.05, 0) is 25.8 Å².